The maximum absolute atomic E-state index is 13.3. The normalized spacial score (nSPS) is 15.3. The van der Waals surface area contributed by atoms with E-state index in [0.717, 1.165) is 5.39 Å². The van der Waals surface area contributed by atoms with E-state index >= 15 is 0 Å². The minimum atomic E-state index is -3.90. The van der Waals surface area contributed by atoms with Crippen molar-refractivity contribution in [2.24, 2.45) is 0 Å². The molecule has 33 heavy (non-hydrogen) atoms. The highest BCUT2D eigenvalue weighted by Gasteiger charge is 2.32. The average molecular weight is 478 g/mol. The fourth-order valence-electron chi connectivity index (χ4n) is 3.39. The molecule has 2 aromatic carbocycles. The fourth-order valence-corrected chi connectivity index (χ4v) is 5.06. The molecular formula is C23H24FNO7S. The largest absolute Gasteiger partial charge is 0.460 e. The maximum atomic E-state index is 13.3. The Balaban J connectivity index is 1.62. The number of carbonyl (C=O) groups is 3. The molecule has 0 saturated heterocycles. The SMILES string of the molecule is CC(C)(C)OC(=O)CC[C@H](NC(=O)OCC1=Cc2ccc3ccccc3c2S1(=O)=O)C(=O)F. The lowest BCUT2D eigenvalue weighted by Crippen LogP contribution is -2.40. The molecule has 0 radical (unpaired) electrons. The van der Waals surface area contributed by atoms with Crippen molar-refractivity contribution in [3.63, 3.8) is 0 Å². The van der Waals surface area contributed by atoms with Gasteiger partial charge in [-0.25, -0.2) is 13.2 Å². The first-order chi connectivity index (χ1) is 15.4. The summed E-state index contributed by atoms with van der Waals surface area (Å²) in [6, 6.07) is 6.98. The van der Waals surface area contributed by atoms with Crippen LogP contribution in [0.15, 0.2) is 46.2 Å². The highest BCUT2D eigenvalue weighted by Crippen LogP contribution is 2.38. The van der Waals surface area contributed by atoms with Gasteiger partial charge in [-0.15, -0.1) is 0 Å². The highest BCUT2D eigenvalue weighted by atomic mass is 32.2. The van der Waals surface area contributed by atoms with Gasteiger partial charge in [0.1, 0.15) is 18.2 Å². The van der Waals surface area contributed by atoms with Gasteiger partial charge in [0.2, 0.25) is 9.84 Å². The minimum absolute atomic E-state index is 0.133. The number of fused-ring (bicyclic) bond motifs is 3. The van der Waals surface area contributed by atoms with Crippen molar-refractivity contribution in [2.75, 3.05) is 6.61 Å². The Bertz CT molecular complexity index is 1250. The van der Waals surface area contributed by atoms with E-state index in [1.54, 1.807) is 57.2 Å². The summed E-state index contributed by atoms with van der Waals surface area (Å²) >= 11 is 0. The third-order valence-electron chi connectivity index (χ3n) is 4.81. The number of hydrogen-bond donors (Lipinski definition) is 1. The molecule has 1 amide bonds. The number of nitrogens with one attached hydrogen (secondary N) is 1. The molecule has 1 heterocycles. The summed E-state index contributed by atoms with van der Waals surface area (Å²) in [7, 11) is -3.90. The van der Waals surface area contributed by atoms with Gasteiger partial charge < -0.3 is 14.8 Å². The summed E-state index contributed by atoms with van der Waals surface area (Å²) in [6.45, 7) is 4.37. The molecule has 3 rings (SSSR count). The number of benzene rings is 2. The molecule has 1 N–H and O–H groups in total. The molecule has 1 aliphatic rings. The van der Waals surface area contributed by atoms with Gasteiger partial charge in [0, 0.05) is 11.8 Å². The van der Waals surface area contributed by atoms with Gasteiger partial charge in [-0.05, 0) is 44.2 Å². The molecule has 0 aromatic heterocycles. The molecule has 1 atom stereocenters. The van der Waals surface area contributed by atoms with Gasteiger partial charge in [-0.2, -0.15) is 4.39 Å². The number of esters is 1. The standard InChI is InChI=1S/C23H24FNO7S/c1-23(2,3)32-19(26)11-10-18(21(24)27)25-22(28)31-13-16-12-15-9-8-14-6-4-5-7-17(14)20(15)33(16,29)30/h4-9,12,18H,10-11,13H2,1-3H3,(H,25,28)/t18-/m0/s1. The topological polar surface area (TPSA) is 116 Å². The molecule has 0 saturated carbocycles. The monoisotopic (exact) mass is 477 g/mol. The van der Waals surface area contributed by atoms with Gasteiger partial charge in [0.05, 0.1) is 9.80 Å². The molecule has 176 valence electrons. The zero-order valence-corrected chi connectivity index (χ0v) is 19.2. The van der Waals surface area contributed by atoms with Crippen LogP contribution in [0.3, 0.4) is 0 Å². The van der Waals surface area contributed by atoms with E-state index in [-0.39, 0.29) is 22.6 Å². The van der Waals surface area contributed by atoms with E-state index in [1.807, 2.05) is 5.32 Å². The lowest BCUT2D eigenvalue weighted by Gasteiger charge is -2.20. The van der Waals surface area contributed by atoms with Gasteiger partial charge in [0.15, 0.2) is 0 Å². The van der Waals surface area contributed by atoms with E-state index < -0.39 is 46.2 Å². The van der Waals surface area contributed by atoms with E-state index in [1.165, 1.54) is 6.08 Å². The van der Waals surface area contributed by atoms with Crippen molar-refractivity contribution in [3.8, 4) is 0 Å². The molecule has 2 aromatic rings. The zero-order chi connectivity index (χ0) is 24.4. The number of rotatable bonds is 7. The minimum Gasteiger partial charge on any atom is -0.460 e. The summed E-state index contributed by atoms with van der Waals surface area (Å²) in [5, 5.41) is 3.33. The number of ether oxygens (including phenoxy) is 2. The molecule has 0 fully saturated rings. The molecule has 0 unspecified atom stereocenters. The van der Waals surface area contributed by atoms with Crippen LogP contribution < -0.4 is 5.32 Å². The van der Waals surface area contributed by atoms with Crippen LogP contribution >= 0.6 is 0 Å². The first kappa shape index (κ1) is 24.4. The zero-order valence-electron chi connectivity index (χ0n) is 18.4. The second-order valence-electron chi connectivity index (χ2n) is 8.52. The number of alkyl carbamates (subject to hydrolysis) is 1. The van der Waals surface area contributed by atoms with Crippen molar-refractivity contribution in [1.29, 1.82) is 0 Å². The summed E-state index contributed by atoms with van der Waals surface area (Å²) < 4.78 is 49.3. The number of sulfone groups is 1. The molecular weight excluding hydrogens is 453 g/mol. The molecule has 0 spiro atoms. The lowest BCUT2D eigenvalue weighted by atomic mass is 10.1. The van der Waals surface area contributed by atoms with Crippen LogP contribution in [-0.2, 0) is 28.9 Å². The Morgan fingerprint density at radius 1 is 1.09 bits per heavy atom. The van der Waals surface area contributed by atoms with E-state index in [4.69, 9.17) is 9.47 Å². The van der Waals surface area contributed by atoms with Crippen LogP contribution in [-0.4, -0.2) is 44.8 Å². The van der Waals surface area contributed by atoms with E-state index in [0.29, 0.717) is 10.9 Å². The van der Waals surface area contributed by atoms with Crippen molar-refractivity contribution in [1.82, 2.24) is 5.32 Å². The Hall–Kier alpha value is -3.27. The smallest absolute Gasteiger partial charge is 0.408 e. The average Bonchev–Trinajstić information content (AvgIpc) is 2.98. The molecule has 0 bridgehead atoms. The van der Waals surface area contributed by atoms with Crippen LogP contribution in [0.2, 0.25) is 0 Å². The predicted octanol–water partition coefficient (Wildman–Crippen LogP) is 3.68. The third kappa shape index (κ3) is 5.75. The molecule has 1 aliphatic heterocycles. The summed E-state index contributed by atoms with van der Waals surface area (Å²) in [5.74, 6) is -0.656. The van der Waals surface area contributed by atoms with Gasteiger partial charge >= 0.3 is 18.1 Å². The Labute approximate surface area is 190 Å². The van der Waals surface area contributed by atoms with Crippen molar-refractivity contribution >= 4 is 44.8 Å². The number of halogens is 1. The molecule has 0 aliphatic carbocycles. The van der Waals surface area contributed by atoms with Crippen LogP contribution in [0.5, 0.6) is 0 Å². The van der Waals surface area contributed by atoms with Crippen molar-refractivity contribution in [3.05, 3.63) is 46.9 Å². The van der Waals surface area contributed by atoms with Crippen LogP contribution in [0, 0.1) is 0 Å². The maximum Gasteiger partial charge on any atom is 0.408 e. The quantitative estimate of drug-likeness (QED) is 0.478. The second-order valence-corrected chi connectivity index (χ2v) is 10.5. The lowest BCUT2D eigenvalue weighted by molar-refractivity contribution is -0.155. The van der Waals surface area contributed by atoms with Crippen molar-refractivity contribution in [2.45, 2.75) is 50.2 Å². The van der Waals surface area contributed by atoms with E-state index in [9.17, 15) is 27.2 Å². The first-order valence-corrected chi connectivity index (χ1v) is 11.7. The van der Waals surface area contributed by atoms with Gasteiger partial charge in [-0.1, -0.05) is 36.4 Å². The summed E-state index contributed by atoms with van der Waals surface area (Å²) in [4.78, 5) is 35.1. The van der Waals surface area contributed by atoms with Crippen LogP contribution in [0.1, 0.15) is 39.2 Å². The highest BCUT2D eigenvalue weighted by molar-refractivity contribution is 7.96. The fraction of sp³-hybridized carbons (Fsp3) is 0.348. The number of carbonyl (C=O) groups excluding carboxylic acids is 3. The van der Waals surface area contributed by atoms with Gasteiger partial charge in [-0.3, -0.25) is 9.59 Å². The first-order valence-electron chi connectivity index (χ1n) is 10.2. The predicted molar refractivity (Wildman–Crippen MR) is 119 cm³/mol. The molecule has 10 heteroatoms. The summed E-state index contributed by atoms with van der Waals surface area (Å²) in [6.07, 6.45) is -0.422. The van der Waals surface area contributed by atoms with Crippen molar-refractivity contribution < 1.29 is 36.7 Å². The number of amides is 1. The van der Waals surface area contributed by atoms with Gasteiger partial charge in [0.25, 0.3) is 0 Å². The number of hydrogen-bond acceptors (Lipinski definition) is 7. The second kappa shape index (κ2) is 9.30. The van der Waals surface area contributed by atoms with E-state index in [2.05, 4.69) is 0 Å². The van der Waals surface area contributed by atoms with Crippen LogP contribution in [0.4, 0.5) is 9.18 Å². The molecule has 8 nitrogen and oxygen atoms in total. The Morgan fingerprint density at radius 2 is 1.79 bits per heavy atom. The van der Waals surface area contributed by atoms with Crippen LogP contribution in [0.25, 0.3) is 16.8 Å². The summed E-state index contributed by atoms with van der Waals surface area (Å²) in [5.41, 5.74) is -0.274. The Morgan fingerprint density at radius 3 is 2.45 bits per heavy atom. The third-order valence-corrected chi connectivity index (χ3v) is 6.73. The Kier molecular flexibility index (Phi) is 6.87.